The highest BCUT2D eigenvalue weighted by atomic mass is 32.2. The third-order valence-corrected chi connectivity index (χ3v) is 4.25. The van der Waals surface area contributed by atoms with E-state index in [-0.39, 0.29) is 5.41 Å². The molecule has 0 amide bonds. The molecule has 2 rings (SSSR count). The van der Waals surface area contributed by atoms with Crippen molar-refractivity contribution in [2.24, 2.45) is 0 Å². The van der Waals surface area contributed by atoms with Crippen LogP contribution in [0.1, 0.15) is 43.6 Å². The number of aliphatic hydroxyl groups excluding tert-OH is 1. The summed E-state index contributed by atoms with van der Waals surface area (Å²) in [5.74, 6) is -0.478. The second-order valence-corrected chi connectivity index (χ2v) is 6.86. The molecule has 0 saturated carbocycles. The van der Waals surface area contributed by atoms with Crippen LogP contribution in [0, 0.1) is 5.82 Å². The molecule has 1 heterocycles. The second-order valence-electron chi connectivity index (χ2n) is 6.01. The fraction of sp³-hybridized carbons (Fsp3) is 0.353. The van der Waals surface area contributed by atoms with Crippen LogP contribution in [0.5, 0.6) is 0 Å². The predicted octanol–water partition coefficient (Wildman–Crippen LogP) is 4.32. The quantitative estimate of drug-likeness (QED) is 0.857. The minimum atomic E-state index is -0.982. The molecule has 0 aliphatic heterocycles. The summed E-state index contributed by atoms with van der Waals surface area (Å²) in [4.78, 5) is 4.49. The monoisotopic (exact) mass is 305 g/mol. The molecule has 0 saturated heterocycles. The highest BCUT2D eigenvalue weighted by Crippen LogP contribution is 2.32. The molecule has 0 fully saturated rings. The topological polar surface area (TPSA) is 33.1 Å². The number of halogens is 1. The molecule has 21 heavy (non-hydrogen) atoms. The largest absolute Gasteiger partial charge is 0.384 e. The molecule has 4 heteroatoms. The molecule has 2 aromatic rings. The lowest BCUT2D eigenvalue weighted by atomic mass is 9.86. The Balaban J connectivity index is 2.39. The van der Waals surface area contributed by atoms with Crippen molar-refractivity contribution < 1.29 is 9.50 Å². The van der Waals surface area contributed by atoms with Crippen molar-refractivity contribution in [3.8, 4) is 0 Å². The fourth-order valence-electron chi connectivity index (χ4n) is 2.19. The third-order valence-electron chi connectivity index (χ3n) is 3.49. The van der Waals surface area contributed by atoms with Gasteiger partial charge in [-0.25, -0.2) is 4.39 Å². The summed E-state index contributed by atoms with van der Waals surface area (Å²) in [6.45, 7) is 6.40. The van der Waals surface area contributed by atoms with Gasteiger partial charge in [0.15, 0.2) is 0 Å². The van der Waals surface area contributed by atoms with E-state index < -0.39 is 11.9 Å². The average molecular weight is 305 g/mol. The number of rotatable bonds is 3. The van der Waals surface area contributed by atoms with Gasteiger partial charge in [0.25, 0.3) is 0 Å². The predicted molar refractivity (Wildman–Crippen MR) is 85.2 cm³/mol. The van der Waals surface area contributed by atoms with Gasteiger partial charge in [-0.2, -0.15) is 0 Å². The maximum absolute atomic E-state index is 14.0. The van der Waals surface area contributed by atoms with E-state index in [0.717, 1.165) is 6.20 Å². The number of benzene rings is 1. The molecular formula is C17H20FNOS. The van der Waals surface area contributed by atoms with Crippen molar-refractivity contribution in [2.45, 2.75) is 37.2 Å². The van der Waals surface area contributed by atoms with Crippen LogP contribution in [0.15, 0.2) is 41.6 Å². The molecular weight excluding hydrogens is 285 g/mol. The molecule has 1 unspecified atom stereocenters. The van der Waals surface area contributed by atoms with Gasteiger partial charge in [-0.1, -0.05) is 45.0 Å². The average Bonchev–Trinajstić information content (AvgIpc) is 2.45. The molecule has 0 aliphatic rings. The van der Waals surface area contributed by atoms with Crippen LogP contribution in [0.2, 0.25) is 0 Å². The van der Waals surface area contributed by atoms with Gasteiger partial charge in [-0.15, -0.1) is 11.8 Å². The summed E-state index contributed by atoms with van der Waals surface area (Å²) in [5, 5.41) is 10.5. The Labute approximate surface area is 129 Å². The number of pyridine rings is 1. The van der Waals surface area contributed by atoms with E-state index >= 15 is 0 Å². The zero-order valence-electron chi connectivity index (χ0n) is 12.7. The summed E-state index contributed by atoms with van der Waals surface area (Å²) in [6.07, 6.45) is 3.58. The van der Waals surface area contributed by atoms with Crippen molar-refractivity contribution >= 4 is 11.8 Å². The van der Waals surface area contributed by atoms with E-state index in [9.17, 15) is 9.50 Å². The van der Waals surface area contributed by atoms with Crippen molar-refractivity contribution in [3.05, 3.63) is 59.2 Å². The highest BCUT2D eigenvalue weighted by molar-refractivity contribution is 7.98. The standard InChI is InChI=1S/C17H20FNOS/c1-17(2,3)12-7-5-11(6-8-12)16(20)15-13(18)9-19-10-14(15)21-4/h5-10,16,20H,1-4H3. The lowest BCUT2D eigenvalue weighted by Crippen LogP contribution is -2.11. The molecule has 112 valence electrons. The zero-order valence-corrected chi connectivity index (χ0v) is 13.5. The highest BCUT2D eigenvalue weighted by Gasteiger charge is 2.20. The fourth-order valence-corrected chi connectivity index (χ4v) is 2.78. The summed E-state index contributed by atoms with van der Waals surface area (Å²) < 4.78 is 14.0. The number of aliphatic hydroxyl groups is 1. The first-order valence-corrected chi connectivity index (χ1v) is 8.03. The van der Waals surface area contributed by atoms with Crippen LogP contribution >= 0.6 is 11.8 Å². The van der Waals surface area contributed by atoms with Crippen molar-refractivity contribution in [3.63, 3.8) is 0 Å². The van der Waals surface area contributed by atoms with Crippen LogP contribution in [-0.4, -0.2) is 16.3 Å². The van der Waals surface area contributed by atoms with Gasteiger partial charge in [-0.3, -0.25) is 4.98 Å². The van der Waals surface area contributed by atoms with E-state index in [2.05, 4.69) is 25.8 Å². The zero-order chi connectivity index (χ0) is 15.6. The minimum Gasteiger partial charge on any atom is -0.384 e. The van der Waals surface area contributed by atoms with Crippen LogP contribution in [0.3, 0.4) is 0 Å². The van der Waals surface area contributed by atoms with Crippen LogP contribution in [-0.2, 0) is 5.41 Å². The van der Waals surface area contributed by atoms with Gasteiger partial charge in [0.2, 0.25) is 0 Å². The Morgan fingerprint density at radius 1 is 1.14 bits per heavy atom. The van der Waals surface area contributed by atoms with Gasteiger partial charge in [0, 0.05) is 16.7 Å². The lowest BCUT2D eigenvalue weighted by molar-refractivity contribution is 0.211. The van der Waals surface area contributed by atoms with E-state index in [1.165, 1.54) is 17.3 Å². The van der Waals surface area contributed by atoms with Gasteiger partial charge < -0.3 is 5.11 Å². The molecule has 0 spiro atoms. The van der Waals surface area contributed by atoms with Gasteiger partial charge in [0.1, 0.15) is 11.9 Å². The Morgan fingerprint density at radius 2 is 1.76 bits per heavy atom. The number of nitrogens with zero attached hydrogens (tertiary/aromatic N) is 1. The number of hydrogen-bond acceptors (Lipinski definition) is 3. The summed E-state index contributed by atoms with van der Waals surface area (Å²) in [7, 11) is 0. The van der Waals surface area contributed by atoms with E-state index in [4.69, 9.17) is 0 Å². The number of thioether (sulfide) groups is 1. The van der Waals surface area contributed by atoms with E-state index in [0.29, 0.717) is 16.0 Å². The van der Waals surface area contributed by atoms with Gasteiger partial charge >= 0.3 is 0 Å². The molecule has 2 nitrogen and oxygen atoms in total. The lowest BCUT2D eigenvalue weighted by Gasteiger charge is -2.20. The van der Waals surface area contributed by atoms with E-state index in [1.807, 2.05) is 30.5 Å². The Kier molecular flexibility index (Phi) is 4.69. The maximum Gasteiger partial charge on any atom is 0.148 e. The van der Waals surface area contributed by atoms with Crippen LogP contribution in [0.25, 0.3) is 0 Å². The Morgan fingerprint density at radius 3 is 2.29 bits per heavy atom. The summed E-state index contributed by atoms with van der Waals surface area (Å²) in [6, 6.07) is 7.68. The van der Waals surface area contributed by atoms with Gasteiger partial charge in [0.05, 0.1) is 6.20 Å². The molecule has 1 atom stereocenters. The summed E-state index contributed by atoms with van der Waals surface area (Å²) in [5.41, 5.74) is 2.21. The summed E-state index contributed by atoms with van der Waals surface area (Å²) >= 11 is 1.38. The first-order valence-electron chi connectivity index (χ1n) is 6.80. The normalized spacial score (nSPS) is 13.2. The van der Waals surface area contributed by atoms with Gasteiger partial charge in [-0.05, 0) is 22.8 Å². The third kappa shape index (κ3) is 3.44. The molecule has 1 aromatic carbocycles. The number of aromatic nitrogens is 1. The molecule has 0 aliphatic carbocycles. The first-order chi connectivity index (χ1) is 9.84. The molecule has 0 radical (unpaired) electrons. The Bertz CT molecular complexity index is 620. The smallest absolute Gasteiger partial charge is 0.148 e. The van der Waals surface area contributed by atoms with Crippen molar-refractivity contribution in [1.29, 1.82) is 0 Å². The van der Waals surface area contributed by atoms with Crippen molar-refractivity contribution in [2.75, 3.05) is 6.26 Å². The minimum absolute atomic E-state index is 0.0514. The molecule has 0 bridgehead atoms. The van der Waals surface area contributed by atoms with Crippen LogP contribution < -0.4 is 0 Å². The molecule has 1 aromatic heterocycles. The van der Waals surface area contributed by atoms with Crippen molar-refractivity contribution in [1.82, 2.24) is 4.98 Å². The Hall–Kier alpha value is -1.39. The number of hydrogen-bond donors (Lipinski definition) is 1. The second kappa shape index (κ2) is 6.16. The molecule has 1 N–H and O–H groups in total. The van der Waals surface area contributed by atoms with Crippen LogP contribution in [0.4, 0.5) is 4.39 Å². The maximum atomic E-state index is 14.0. The first kappa shape index (κ1) is 16.0. The van der Waals surface area contributed by atoms with E-state index in [1.54, 1.807) is 6.20 Å². The SMILES string of the molecule is CSc1cncc(F)c1C(O)c1ccc(C(C)(C)C)cc1.